The fourth-order valence-electron chi connectivity index (χ4n) is 0.849. The lowest BCUT2D eigenvalue weighted by atomic mass is 10.3. The zero-order valence-corrected chi connectivity index (χ0v) is 8.40. The van der Waals surface area contributed by atoms with Crippen molar-refractivity contribution in [1.82, 2.24) is 14.5 Å². The number of aromatic nitrogens is 2. The summed E-state index contributed by atoms with van der Waals surface area (Å²) in [6, 6.07) is 0. The minimum atomic E-state index is -0.0551. The Balaban J connectivity index is 3.01. The number of rotatable bonds is 2. The summed E-state index contributed by atoms with van der Waals surface area (Å²) < 4.78 is 0.602. The van der Waals surface area contributed by atoms with Gasteiger partial charge in [0.2, 0.25) is 5.82 Å². The molecule has 0 saturated carbocycles. The molecule has 0 saturated heterocycles. The Morgan fingerprint density at radius 2 is 1.85 bits per heavy atom. The number of hydrogen-bond donors (Lipinski definition) is 0. The van der Waals surface area contributed by atoms with Gasteiger partial charge in [-0.1, -0.05) is 0 Å². The van der Waals surface area contributed by atoms with E-state index in [4.69, 9.17) is 0 Å². The lowest BCUT2D eigenvalue weighted by molar-refractivity contribution is 0.101. The number of ketones is 1. The molecule has 0 amide bonds. The Hall–Kier alpha value is -1.29. The fraction of sp³-hybridized carbons (Fsp3) is 0.444. The predicted octanol–water partition coefficient (Wildman–Crippen LogP) is 0.876. The van der Waals surface area contributed by atoms with E-state index in [0.29, 0.717) is 10.2 Å². The smallest absolute Gasteiger partial charge is 0.245 e. The average molecular weight is 180 g/mol. The van der Waals surface area contributed by atoms with Crippen molar-refractivity contribution in [3.63, 3.8) is 0 Å². The van der Waals surface area contributed by atoms with Crippen molar-refractivity contribution in [2.75, 3.05) is 21.1 Å². The fourth-order valence-corrected chi connectivity index (χ4v) is 0.849. The highest BCUT2D eigenvalue weighted by molar-refractivity contribution is 5.91. The van der Waals surface area contributed by atoms with Gasteiger partial charge in [-0.15, -0.1) is 0 Å². The molecule has 0 atom stereocenters. The average Bonchev–Trinajstić information content (AvgIpc) is 2.03. The molecule has 4 nitrogen and oxygen atoms in total. The summed E-state index contributed by atoms with van der Waals surface area (Å²) in [6.07, 6.45) is 3.15. The van der Waals surface area contributed by atoms with Crippen molar-refractivity contribution in [1.29, 1.82) is 0 Å². The minimum absolute atomic E-state index is 0.0551. The van der Waals surface area contributed by atoms with Crippen LogP contribution in [0.4, 0.5) is 5.82 Å². The second-order valence-corrected chi connectivity index (χ2v) is 3.83. The Morgan fingerprint density at radius 1 is 1.23 bits per heavy atom. The van der Waals surface area contributed by atoms with Crippen molar-refractivity contribution in [2.45, 2.75) is 6.92 Å². The molecule has 0 aliphatic rings. The first-order chi connectivity index (χ1) is 5.91. The summed E-state index contributed by atoms with van der Waals surface area (Å²) in [4.78, 5) is 19.1. The van der Waals surface area contributed by atoms with Crippen LogP contribution < -0.4 is 4.48 Å². The van der Waals surface area contributed by atoms with Crippen molar-refractivity contribution in [2.24, 2.45) is 0 Å². The predicted molar refractivity (Wildman–Crippen MR) is 51.6 cm³/mol. The second-order valence-electron chi connectivity index (χ2n) is 3.83. The number of Topliss-reactive ketones (excluding diaryl/α,β-unsaturated/α-hetero) is 1. The van der Waals surface area contributed by atoms with Crippen LogP contribution in [0.15, 0.2) is 12.4 Å². The third-order valence-corrected chi connectivity index (χ3v) is 1.69. The van der Waals surface area contributed by atoms with E-state index in [1.54, 1.807) is 6.20 Å². The minimum Gasteiger partial charge on any atom is -0.293 e. The number of quaternary nitrogens is 1. The lowest BCUT2D eigenvalue weighted by Crippen LogP contribution is -2.35. The first-order valence-electron chi connectivity index (χ1n) is 4.06. The normalized spacial score (nSPS) is 11.4. The van der Waals surface area contributed by atoms with Gasteiger partial charge in [0.1, 0.15) is 11.9 Å². The van der Waals surface area contributed by atoms with Crippen LogP contribution in [-0.2, 0) is 0 Å². The molecule has 0 spiro atoms. The van der Waals surface area contributed by atoms with Gasteiger partial charge < -0.3 is 0 Å². The topological polar surface area (TPSA) is 42.9 Å². The van der Waals surface area contributed by atoms with Gasteiger partial charge in [0.05, 0.1) is 27.3 Å². The highest BCUT2D eigenvalue weighted by Crippen LogP contribution is 2.10. The highest BCUT2D eigenvalue weighted by atomic mass is 16.1. The first-order valence-corrected chi connectivity index (χ1v) is 4.06. The number of carbonyl (C=O) groups excluding carboxylic acids is 1. The van der Waals surface area contributed by atoms with Crippen LogP contribution >= 0.6 is 0 Å². The standard InChI is InChI=1S/C9H14N3O/c1-7(13)8-5-11-9(6-10-8)12(2,3)4/h5-6H,1-4H3/q+1. The third kappa shape index (κ3) is 2.32. The van der Waals surface area contributed by atoms with Gasteiger partial charge >= 0.3 is 0 Å². The Morgan fingerprint density at radius 3 is 2.15 bits per heavy atom. The molecular weight excluding hydrogens is 166 g/mol. The summed E-state index contributed by atoms with van der Waals surface area (Å²) >= 11 is 0. The molecule has 0 unspecified atom stereocenters. The number of nitrogens with zero attached hydrogens (tertiary/aromatic N) is 3. The maximum atomic E-state index is 10.9. The van der Waals surface area contributed by atoms with E-state index in [-0.39, 0.29) is 5.78 Å². The second kappa shape index (κ2) is 3.22. The van der Waals surface area contributed by atoms with Gasteiger partial charge in [-0.3, -0.25) is 9.28 Å². The number of hydrogen-bond acceptors (Lipinski definition) is 3. The van der Waals surface area contributed by atoms with Gasteiger partial charge in [-0.25, -0.2) is 9.97 Å². The van der Waals surface area contributed by atoms with Gasteiger partial charge in [-0.05, 0) is 0 Å². The van der Waals surface area contributed by atoms with Crippen molar-refractivity contribution in [3.05, 3.63) is 18.1 Å². The molecule has 0 aliphatic carbocycles. The molecule has 1 aromatic rings. The Labute approximate surface area is 77.8 Å². The van der Waals surface area contributed by atoms with Gasteiger partial charge in [0.15, 0.2) is 5.78 Å². The molecule has 4 heteroatoms. The zero-order valence-electron chi connectivity index (χ0n) is 8.40. The van der Waals surface area contributed by atoms with E-state index < -0.39 is 0 Å². The molecule has 0 aliphatic heterocycles. The Kier molecular flexibility index (Phi) is 2.43. The van der Waals surface area contributed by atoms with Crippen LogP contribution in [0.2, 0.25) is 0 Å². The van der Waals surface area contributed by atoms with Crippen LogP contribution in [0.3, 0.4) is 0 Å². The van der Waals surface area contributed by atoms with Crippen molar-refractivity contribution >= 4 is 11.6 Å². The van der Waals surface area contributed by atoms with E-state index >= 15 is 0 Å². The third-order valence-electron chi connectivity index (χ3n) is 1.69. The molecule has 0 aromatic carbocycles. The van der Waals surface area contributed by atoms with Crippen LogP contribution in [-0.4, -0.2) is 36.9 Å². The zero-order chi connectivity index (χ0) is 10.1. The molecule has 13 heavy (non-hydrogen) atoms. The summed E-state index contributed by atoms with van der Waals surface area (Å²) in [5, 5.41) is 0. The molecule has 1 aromatic heterocycles. The number of carbonyl (C=O) groups is 1. The van der Waals surface area contributed by atoms with Crippen LogP contribution in [0, 0.1) is 0 Å². The summed E-state index contributed by atoms with van der Waals surface area (Å²) in [6.45, 7) is 1.48. The quantitative estimate of drug-likeness (QED) is 0.501. The van der Waals surface area contributed by atoms with Crippen molar-refractivity contribution < 1.29 is 4.79 Å². The SMILES string of the molecule is CC(=O)c1cnc([N+](C)(C)C)cn1. The first kappa shape index (κ1) is 9.80. The monoisotopic (exact) mass is 180 g/mol. The summed E-state index contributed by atoms with van der Waals surface area (Å²) in [5.74, 6) is 0.783. The molecule has 1 rings (SSSR count). The van der Waals surface area contributed by atoms with Crippen LogP contribution in [0.1, 0.15) is 17.4 Å². The Bertz CT molecular complexity index is 311. The van der Waals surface area contributed by atoms with E-state index in [0.717, 1.165) is 5.82 Å². The van der Waals surface area contributed by atoms with Gasteiger partial charge in [-0.2, -0.15) is 0 Å². The largest absolute Gasteiger partial charge is 0.293 e. The molecule has 0 radical (unpaired) electrons. The summed E-state index contributed by atoms with van der Waals surface area (Å²) in [5.41, 5.74) is 0.414. The maximum absolute atomic E-state index is 10.9. The molecule has 70 valence electrons. The molecular formula is C9H14N3O+. The molecule has 0 bridgehead atoms. The van der Waals surface area contributed by atoms with E-state index in [1.165, 1.54) is 13.1 Å². The maximum Gasteiger partial charge on any atom is 0.245 e. The summed E-state index contributed by atoms with van der Waals surface area (Å²) in [7, 11) is 5.99. The molecule has 0 N–H and O–H groups in total. The van der Waals surface area contributed by atoms with Crippen LogP contribution in [0.5, 0.6) is 0 Å². The van der Waals surface area contributed by atoms with E-state index in [9.17, 15) is 4.79 Å². The lowest BCUT2D eigenvalue weighted by Gasteiger charge is -2.20. The van der Waals surface area contributed by atoms with E-state index in [1.807, 2.05) is 21.1 Å². The highest BCUT2D eigenvalue weighted by Gasteiger charge is 2.14. The molecule has 1 heterocycles. The van der Waals surface area contributed by atoms with Crippen molar-refractivity contribution in [3.8, 4) is 0 Å². The van der Waals surface area contributed by atoms with Gasteiger partial charge in [0, 0.05) is 6.92 Å². The van der Waals surface area contributed by atoms with Crippen LogP contribution in [0.25, 0.3) is 0 Å². The van der Waals surface area contributed by atoms with Gasteiger partial charge in [0.25, 0.3) is 0 Å². The molecule has 0 fully saturated rings. The van der Waals surface area contributed by atoms with E-state index in [2.05, 4.69) is 9.97 Å².